The molecule has 0 saturated carbocycles. The molecule has 9 heavy (non-hydrogen) atoms. The molecule has 56 valence electrons. The maximum Gasteiger partial charge on any atom is 0.300 e. The van der Waals surface area contributed by atoms with Crippen LogP contribution in [0.3, 0.4) is 0 Å². The summed E-state index contributed by atoms with van der Waals surface area (Å²) in [6.07, 6.45) is 0. The molecule has 0 atom stereocenters. The molecule has 3 heteroatoms. The Balaban J connectivity index is 0. The molecule has 0 saturated heterocycles. The van der Waals surface area contributed by atoms with Crippen LogP contribution < -0.4 is 0 Å². The first-order valence-corrected chi connectivity index (χ1v) is 2.92. The smallest absolute Gasteiger partial charge is 0.300 e. The van der Waals surface area contributed by atoms with Crippen LogP contribution in [0.25, 0.3) is 0 Å². The van der Waals surface area contributed by atoms with Gasteiger partial charge in [0, 0.05) is 20.1 Å². The summed E-state index contributed by atoms with van der Waals surface area (Å²) >= 11 is 0. The third kappa shape index (κ3) is 107. The minimum atomic E-state index is -0.833. The molecule has 0 amide bonds. The molecule has 0 aromatic carbocycles. The Morgan fingerprint density at radius 2 is 1.67 bits per heavy atom. The number of ether oxygens (including phenoxy) is 1. The molecule has 0 fully saturated rings. The average Bonchev–Trinajstić information content (AvgIpc) is 1.66. The fourth-order valence-electron chi connectivity index (χ4n) is 0.204. The van der Waals surface area contributed by atoms with Gasteiger partial charge in [-0.1, -0.05) is 0 Å². The summed E-state index contributed by atoms with van der Waals surface area (Å²) in [5.74, 6) is -0.833. The van der Waals surface area contributed by atoms with Gasteiger partial charge < -0.3 is 9.84 Å². The highest BCUT2D eigenvalue weighted by Gasteiger charge is 1.65. The summed E-state index contributed by atoms with van der Waals surface area (Å²) in [6.45, 7) is 6.75. The summed E-state index contributed by atoms with van der Waals surface area (Å²) in [7, 11) is 0. The monoisotopic (exact) mass is 134 g/mol. The number of rotatable bonds is 2. The number of carbonyl (C=O) groups is 1. The zero-order valence-electron chi connectivity index (χ0n) is 6.18. The highest BCUT2D eigenvalue weighted by molar-refractivity contribution is 5.62. The highest BCUT2D eigenvalue weighted by atomic mass is 16.5. The van der Waals surface area contributed by atoms with Crippen molar-refractivity contribution >= 4 is 5.97 Å². The third-order valence-corrected chi connectivity index (χ3v) is 0.408. The van der Waals surface area contributed by atoms with Crippen LogP contribution in [0.1, 0.15) is 20.8 Å². The lowest BCUT2D eigenvalue weighted by atomic mass is 10.8. The molecule has 3 nitrogen and oxygen atoms in total. The Bertz CT molecular complexity index is 55.3. The van der Waals surface area contributed by atoms with Gasteiger partial charge in [-0.05, 0) is 13.8 Å². The largest absolute Gasteiger partial charge is 0.481 e. The van der Waals surface area contributed by atoms with E-state index in [1.807, 2.05) is 13.8 Å². The van der Waals surface area contributed by atoms with Crippen molar-refractivity contribution < 1.29 is 14.6 Å². The van der Waals surface area contributed by atoms with Crippen LogP contribution in [0.2, 0.25) is 0 Å². The normalized spacial score (nSPS) is 7.44. The van der Waals surface area contributed by atoms with E-state index in [0.29, 0.717) is 0 Å². The van der Waals surface area contributed by atoms with Gasteiger partial charge >= 0.3 is 0 Å². The Morgan fingerprint density at radius 1 is 1.44 bits per heavy atom. The van der Waals surface area contributed by atoms with E-state index in [9.17, 15) is 0 Å². The van der Waals surface area contributed by atoms with Gasteiger partial charge in [-0.2, -0.15) is 0 Å². The zero-order valence-corrected chi connectivity index (χ0v) is 6.18. The molecular weight excluding hydrogens is 120 g/mol. The number of aliphatic carboxylic acids is 1. The molecule has 0 aliphatic rings. The molecule has 0 heterocycles. The third-order valence-electron chi connectivity index (χ3n) is 0.408. The SMILES string of the molecule is CC(=O)O.CCOCC. The summed E-state index contributed by atoms with van der Waals surface area (Å²) in [6, 6.07) is 0. The maximum atomic E-state index is 9.00. The first-order chi connectivity index (χ1) is 4.15. The van der Waals surface area contributed by atoms with Crippen molar-refractivity contribution in [2.75, 3.05) is 13.2 Å². The Kier molecular flexibility index (Phi) is 13.0. The van der Waals surface area contributed by atoms with Crippen molar-refractivity contribution in [3.8, 4) is 0 Å². The van der Waals surface area contributed by atoms with Crippen LogP contribution in [-0.4, -0.2) is 24.3 Å². The molecule has 0 aromatic rings. The summed E-state index contributed by atoms with van der Waals surface area (Å²) in [4.78, 5) is 9.00. The fraction of sp³-hybridized carbons (Fsp3) is 0.833. The van der Waals surface area contributed by atoms with Gasteiger partial charge in [-0.25, -0.2) is 0 Å². The molecule has 0 aliphatic heterocycles. The van der Waals surface area contributed by atoms with E-state index in [4.69, 9.17) is 14.6 Å². The number of carboxylic acids is 1. The van der Waals surface area contributed by atoms with E-state index in [0.717, 1.165) is 20.1 Å². The Hall–Kier alpha value is -0.570. The van der Waals surface area contributed by atoms with Crippen molar-refractivity contribution in [2.24, 2.45) is 0 Å². The first kappa shape index (κ1) is 11.3. The quantitative estimate of drug-likeness (QED) is 0.615. The molecule has 0 spiro atoms. The van der Waals surface area contributed by atoms with E-state index in [-0.39, 0.29) is 0 Å². The second-order valence-electron chi connectivity index (χ2n) is 1.30. The minimum Gasteiger partial charge on any atom is -0.481 e. The Labute approximate surface area is 55.6 Å². The topological polar surface area (TPSA) is 46.5 Å². The number of hydrogen-bond donors (Lipinski definition) is 1. The van der Waals surface area contributed by atoms with E-state index >= 15 is 0 Å². The number of hydrogen-bond acceptors (Lipinski definition) is 2. The van der Waals surface area contributed by atoms with Gasteiger partial charge in [0.25, 0.3) is 5.97 Å². The lowest BCUT2D eigenvalue weighted by Gasteiger charge is -1.86. The van der Waals surface area contributed by atoms with Crippen LogP contribution in [0.5, 0.6) is 0 Å². The lowest BCUT2D eigenvalue weighted by Crippen LogP contribution is -1.84. The van der Waals surface area contributed by atoms with Gasteiger partial charge in [-0.15, -0.1) is 0 Å². The molecular formula is C6H14O3. The van der Waals surface area contributed by atoms with Crippen LogP contribution in [0, 0.1) is 0 Å². The van der Waals surface area contributed by atoms with Gasteiger partial charge in [0.15, 0.2) is 0 Å². The summed E-state index contributed by atoms with van der Waals surface area (Å²) in [5.41, 5.74) is 0. The highest BCUT2D eigenvalue weighted by Crippen LogP contribution is 1.64. The van der Waals surface area contributed by atoms with Crippen LogP contribution in [0.4, 0.5) is 0 Å². The van der Waals surface area contributed by atoms with Crippen molar-refractivity contribution in [3.63, 3.8) is 0 Å². The predicted octanol–water partition coefficient (Wildman–Crippen LogP) is 1.13. The molecule has 0 aromatic heterocycles. The molecule has 0 rings (SSSR count). The molecule has 0 aliphatic carbocycles. The molecule has 0 bridgehead atoms. The number of carboxylic acid groups (broad SMARTS) is 1. The van der Waals surface area contributed by atoms with E-state index in [1.54, 1.807) is 0 Å². The standard InChI is InChI=1S/C4H10O.C2H4O2/c1-3-5-4-2;1-2(3)4/h3-4H2,1-2H3;1H3,(H,3,4). The van der Waals surface area contributed by atoms with Crippen molar-refractivity contribution in [1.82, 2.24) is 0 Å². The summed E-state index contributed by atoms with van der Waals surface area (Å²) in [5, 5.41) is 7.42. The fourth-order valence-corrected chi connectivity index (χ4v) is 0.204. The lowest BCUT2D eigenvalue weighted by molar-refractivity contribution is -0.134. The molecule has 0 unspecified atom stereocenters. The second kappa shape index (κ2) is 10.4. The van der Waals surface area contributed by atoms with Crippen molar-refractivity contribution in [1.29, 1.82) is 0 Å². The second-order valence-corrected chi connectivity index (χ2v) is 1.30. The van der Waals surface area contributed by atoms with E-state index in [2.05, 4.69) is 0 Å². The van der Waals surface area contributed by atoms with Gasteiger partial charge in [0.1, 0.15) is 0 Å². The van der Waals surface area contributed by atoms with E-state index < -0.39 is 5.97 Å². The minimum absolute atomic E-state index is 0.833. The molecule has 0 radical (unpaired) electrons. The average molecular weight is 134 g/mol. The van der Waals surface area contributed by atoms with Gasteiger partial charge in [0.2, 0.25) is 0 Å². The van der Waals surface area contributed by atoms with Crippen LogP contribution >= 0.6 is 0 Å². The summed E-state index contributed by atoms with van der Waals surface area (Å²) < 4.78 is 4.83. The molecule has 1 N–H and O–H groups in total. The van der Waals surface area contributed by atoms with Crippen molar-refractivity contribution in [2.45, 2.75) is 20.8 Å². The van der Waals surface area contributed by atoms with Gasteiger partial charge in [-0.3, -0.25) is 4.79 Å². The van der Waals surface area contributed by atoms with Crippen molar-refractivity contribution in [3.05, 3.63) is 0 Å². The van der Waals surface area contributed by atoms with Gasteiger partial charge in [0.05, 0.1) is 0 Å². The van der Waals surface area contributed by atoms with E-state index in [1.165, 1.54) is 0 Å². The van der Waals surface area contributed by atoms with Crippen LogP contribution in [0.15, 0.2) is 0 Å². The van der Waals surface area contributed by atoms with Crippen LogP contribution in [-0.2, 0) is 9.53 Å². The Morgan fingerprint density at radius 3 is 1.67 bits per heavy atom. The first-order valence-electron chi connectivity index (χ1n) is 2.92. The predicted molar refractivity (Wildman–Crippen MR) is 35.5 cm³/mol. The maximum absolute atomic E-state index is 9.00. The zero-order chi connectivity index (χ0) is 7.70.